The van der Waals surface area contributed by atoms with Gasteiger partial charge in [-0.3, -0.25) is 0 Å². The average Bonchev–Trinajstić information content (AvgIpc) is 3.37. The van der Waals surface area contributed by atoms with Crippen molar-refractivity contribution in [2.75, 3.05) is 0 Å². The average molecular weight is 405 g/mol. The Morgan fingerprint density at radius 3 is 1.40 bits per heavy atom. The first-order chi connectivity index (χ1) is 14.5. The van der Waals surface area contributed by atoms with E-state index in [4.69, 9.17) is 0 Å². The van der Waals surface area contributed by atoms with Crippen molar-refractivity contribution in [2.24, 2.45) is 47.3 Å². The summed E-state index contributed by atoms with van der Waals surface area (Å²) in [6.45, 7) is 10.1. The lowest BCUT2D eigenvalue weighted by molar-refractivity contribution is 0.0287. The third kappa shape index (κ3) is 3.61. The van der Waals surface area contributed by atoms with Crippen molar-refractivity contribution in [3.8, 4) is 0 Å². The molecule has 0 aromatic rings. The van der Waals surface area contributed by atoms with Crippen LogP contribution in [0.3, 0.4) is 0 Å². The van der Waals surface area contributed by atoms with E-state index < -0.39 is 0 Å². The fraction of sp³-hybridized carbons (Fsp3) is 0.733. The van der Waals surface area contributed by atoms with Crippen LogP contribution in [-0.4, -0.2) is 0 Å². The quantitative estimate of drug-likeness (QED) is 0.439. The molecule has 0 heterocycles. The van der Waals surface area contributed by atoms with Gasteiger partial charge >= 0.3 is 0 Å². The molecule has 0 aromatic heterocycles. The van der Waals surface area contributed by atoms with Crippen LogP contribution in [0.15, 0.2) is 46.6 Å². The predicted molar refractivity (Wildman–Crippen MR) is 129 cm³/mol. The van der Waals surface area contributed by atoms with Gasteiger partial charge in [-0.15, -0.1) is 0 Å². The zero-order valence-electron chi connectivity index (χ0n) is 20.0. The molecule has 0 aliphatic heterocycles. The third-order valence-corrected chi connectivity index (χ3v) is 9.75. The van der Waals surface area contributed by atoms with Gasteiger partial charge in [-0.1, -0.05) is 63.1 Å². The molecule has 0 radical (unpaired) electrons. The normalized spacial score (nSPS) is 38.7. The van der Waals surface area contributed by atoms with Crippen LogP contribution in [0.4, 0.5) is 0 Å². The van der Waals surface area contributed by atoms with Crippen molar-refractivity contribution in [1.29, 1.82) is 0 Å². The summed E-state index contributed by atoms with van der Waals surface area (Å²) < 4.78 is 0. The van der Waals surface area contributed by atoms with E-state index in [0.717, 1.165) is 47.3 Å². The van der Waals surface area contributed by atoms with Gasteiger partial charge in [-0.25, -0.2) is 0 Å². The van der Waals surface area contributed by atoms with E-state index >= 15 is 0 Å². The molecule has 0 saturated heterocycles. The molecule has 5 aliphatic carbocycles. The molecule has 0 N–H and O–H groups in total. The topological polar surface area (TPSA) is 0 Å². The van der Waals surface area contributed by atoms with E-state index in [0.29, 0.717) is 0 Å². The molecule has 164 valence electrons. The van der Waals surface area contributed by atoms with E-state index in [-0.39, 0.29) is 0 Å². The predicted octanol–water partition coefficient (Wildman–Crippen LogP) is 8.67. The zero-order valence-corrected chi connectivity index (χ0v) is 20.0. The molecule has 0 aromatic carbocycles. The van der Waals surface area contributed by atoms with Gasteiger partial charge in [0.2, 0.25) is 0 Å². The fourth-order valence-corrected chi connectivity index (χ4v) is 8.21. The van der Waals surface area contributed by atoms with Gasteiger partial charge in [0.25, 0.3) is 0 Å². The van der Waals surface area contributed by atoms with Gasteiger partial charge in [0.15, 0.2) is 0 Å². The molecule has 0 nitrogen and oxygen atoms in total. The summed E-state index contributed by atoms with van der Waals surface area (Å²) in [5.74, 6) is 6.65. The number of rotatable bonds is 4. The fourth-order valence-electron chi connectivity index (χ4n) is 8.21. The Balaban J connectivity index is 1.44. The van der Waals surface area contributed by atoms with Gasteiger partial charge in [0, 0.05) is 11.8 Å². The van der Waals surface area contributed by atoms with Crippen molar-refractivity contribution in [1.82, 2.24) is 0 Å². The summed E-state index contributed by atoms with van der Waals surface area (Å²) in [6.07, 6.45) is 24.4. The third-order valence-electron chi connectivity index (χ3n) is 9.75. The summed E-state index contributed by atoms with van der Waals surface area (Å²) in [5.41, 5.74) is 7.17. The highest BCUT2D eigenvalue weighted by atomic mass is 14.5. The van der Waals surface area contributed by atoms with Crippen LogP contribution in [0.5, 0.6) is 0 Å². The van der Waals surface area contributed by atoms with Crippen molar-refractivity contribution in [2.45, 2.75) is 91.9 Å². The molecular weight excluding hydrogens is 360 g/mol. The highest BCUT2D eigenvalue weighted by molar-refractivity contribution is 5.40. The summed E-state index contributed by atoms with van der Waals surface area (Å²) in [4.78, 5) is 0. The van der Waals surface area contributed by atoms with E-state index in [1.54, 1.807) is 11.1 Å². The van der Waals surface area contributed by atoms with Gasteiger partial charge in [0.05, 0.1) is 0 Å². The van der Waals surface area contributed by atoms with E-state index in [1.807, 2.05) is 11.1 Å². The largest absolute Gasteiger partial charge is 0.0768 e. The first-order valence-electron chi connectivity index (χ1n) is 13.3. The maximum atomic E-state index is 2.64. The van der Waals surface area contributed by atoms with Crippen LogP contribution >= 0.6 is 0 Å². The molecule has 0 spiro atoms. The molecular formula is C30H44. The number of hydrogen-bond acceptors (Lipinski definition) is 0. The Labute approximate surface area is 186 Å². The molecule has 0 amide bonds. The number of hydrogen-bond donors (Lipinski definition) is 0. The second-order valence-corrected chi connectivity index (χ2v) is 11.9. The van der Waals surface area contributed by atoms with E-state index in [1.165, 1.54) is 64.2 Å². The molecule has 0 bridgehead atoms. The minimum Gasteiger partial charge on any atom is -0.0768 e. The maximum absolute atomic E-state index is 2.64. The Morgan fingerprint density at radius 1 is 0.600 bits per heavy atom. The lowest BCUT2D eigenvalue weighted by Crippen LogP contribution is -2.42. The Morgan fingerprint density at radius 2 is 1.00 bits per heavy atom. The minimum atomic E-state index is 0.762. The first-order valence-corrected chi connectivity index (χ1v) is 13.3. The summed E-state index contributed by atoms with van der Waals surface area (Å²) in [5, 5.41) is 0. The second kappa shape index (κ2) is 8.48. The minimum absolute atomic E-state index is 0.762. The molecule has 0 heteroatoms. The lowest BCUT2D eigenvalue weighted by Gasteiger charge is -2.49. The molecule has 1 fully saturated rings. The van der Waals surface area contributed by atoms with Crippen LogP contribution in [0.1, 0.15) is 91.9 Å². The van der Waals surface area contributed by atoms with E-state index in [2.05, 4.69) is 52.0 Å². The van der Waals surface area contributed by atoms with Gasteiger partial charge < -0.3 is 0 Å². The second-order valence-electron chi connectivity index (χ2n) is 11.9. The molecule has 6 atom stereocenters. The Hall–Kier alpha value is -1.04. The lowest BCUT2D eigenvalue weighted by atomic mass is 9.55. The summed E-state index contributed by atoms with van der Waals surface area (Å²) in [6, 6.07) is 0. The van der Waals surface area contributed by atoms with Gasteiger partial charge in [-0.2, -0.15) is 0 Å². The van der Waals surface area contributed by atoms with Crippen molar-refractivity contribution in [3.63, 3.8) is 0 Å². The van der Waals surface area contributed by atoms with Gasteiger partial charge in [0.1, 0.15) is 0 Å². The van der Waals surface area contributed by atoms with E-state index in [9.17, 15) is 0 Å². The molecule has 5 aliphatic rings. The van der Waals surface area contributed by atoms with Crippen LogP contribution in [0.2, 0.25) is 0 Å². The van der Waals surface area contributed by atoms with Crippen molar-refractivity contribution in [3.05, 3.63) is 46.6 Å². The summed E-state index contributed by atoms with van der Waals surface area (Å²) >= 11 is 0. The standard InChI is InChI=1S/C30H44/c1-19(2)27-17-30(26-16-14-22-10-6-8-12-24(22)26)28(20(3)4)18-29(27)25-15-13-21-9-5-7-11-23(21)25/h13-16,19-20,25-30H,5-12,17-18H2,1-4H3/t25?,26?,27-,28-,29+,30+/m1/s1. The Kier molecular flexibility index (Phi) is 5.89. The van der Waals surface area contributed by atoms with Crippen LogP contribution in [0.25, 0.3) is 0 Å². The van der Waals surface area contributed by atoms with Crippen molar-refractivity contribution < 1.29 is 0 Å². The van der Waals surface area contributed by atoms with Crippen LogP contribution < -0.4 is 0 Å². The maximum Gasteiger partial charge on any atom is 0.00169 e. The van der Waals surface area contributed by atoms with Crippen molar-refractivity contribution >= 4 is 0 Å². The SMILES string of the molecule is CC(C)[C@H]1C[C@@H](C2C=CC3=C2CCCC3)[C@@H](C(C)C)C[C@H]1C1C=CC2=C1CCCC2. The molecule has 2 unspecified atom stereocenters. The zero-order chi connectivity index (χ0) is 20.8. The molecule has 1 saturated carbocycles. The van der Waals surface area contributed by atoms with Gasteiger partial charge in [-0.05, 0) is 111 Å². The highest BCUT2D eigenvalue weighted by Gasteiger charge is 2.46. The smallest absolute Gasteiger partial charge is 0.00169 e. The highest BCUT2D eigenvalue weighted by Crippen LogP contribution is 2.56. The summed E-state index contributed by atoms with van der Waals surface area (Å²) in [7, 11) is 0. The molecule has 30 heavy (non-hydrogen) atoms. The van der Waals surface area contributed by atoms with Crippen LogP contribution in [0, 0.1) is 47.3 Å². The Bertz CT molecular complexity index is 704. The molecule has 5 rings (SSSR count). The number of allylic oxidation sites excluding steroid dienone is 8. The first kappa shape index (κ1) is 20.8. The monoisotopic (exact) mass is 404 g/mol. The van der Waals surface area contributed by atoms with Crippen LogP contribution in [-0.2, 0) is 0 Å².